The Kier molecular flexibility index (Phi) is 7.38. The van der Waals surface area contributed by atoms with Crippen LogP contribution in [0.25, 0.3) is 0 Å². The third-order valence-corrected chi connectivity index (χ3v) is 6.83. The number of alkyl halides is 2. The summed E-state index contributed by atoms with van der Waals surface area (Å²) in [6, 6.07) is 7.82. The molecule has 2 aromatic carbocycles. The number of amides is 2. The molecule has 160 valence electrons. The Morgan fingerprint density at radius 3 is 2.23 bits per heavy atom. The lowest BCUT2D eigenvalue weighted by Crippen LogP contribution is -2.25. The van der Waals surface area contributed by atoms with Crippen LogP contribution in [0.4, 0.5) is 5.69 Å². The largest absolute Gasteiger partial charge is 0.352 e. The number of carbonyl (C=O) groups is 2. The number of halogens is 6. The van der Waals surface area contributed by atoms with Gasteiger partial charge in [0.25, 0.3) is 5.91 Å². The van der Waals surface area contributed by atoms with Gasteiger partial charge in [0.15, 0.2) is 0 Å². The highest BCUT2D eigenvalue weighted by molar-refractivity contribution is 6.53. The van der Waals surface area contributed by atoms with E-state index < -0.39 is 22.1 Å². The average molecular weight is 529 g/mol. The van der Waals surface area contributed by atoms with Gasteiger partial charge in [-0.2, -0.15) is 0 Å². The summed E-state index contributed by atoms with van der Waals surface area (Å²) in [6.07, 6.45) is 0.762. The van der Waals surface area contributed by atoms with E-state index in [4.69, 9.17) is 69.6 Å². The minimum Gasteiger partial charge on any atom is -0.352 e. The first kappa shape index (κ1) is 23.8. The van der Waals surface area contributed by atoms with Gasteiger partial charge in [0, 0.05) is 28.2 Å². The zero-order valence-corrected chi connectivity index (χ0v) is 20.1. The number of anilines is 1. The molecule has 10 heteroatoms. The lowest BCUT2D eigenvalue weighted by atomic mass is 10.1. The summed E-state index contributed by atoms with van der Waals surface area (Å²) in [5, 5.41) is 6.50. The van der Waals surface area contributed by atoms with Crippen LogP contribution in [0, 0.1) is 5.92 Å². The molecule has 2 unspecified atom stereocenters. The molecule has 2 amide bonds. The van der Waals surface area contributed by atoms with E-state index in [2.05, 4.69) is 10.6 Å². The maximum absolute atomic E-state index is 12.9. The zero-order chi connectivity index (χ0) is 22.2. The van der Waals surface area contributed by atoms with E-state index in [-0.39, 0.29) is 21.5 Å². The van der Waals surface area contributed by atoms with Crippen LogP contribution in [0.2, 0.25) is 20.1 Å². The van der Waals surface area contributed by atoms with Crippen LogP contribution in [-0.4, -0.2) is 22.7 Å². The zero-order valence-electron chi connectivity index (χ0n) is 15.5. The van der Waals surface area contributed by atoms with Crippen molar-refractivity contribution in [1.29, 1.82) is 0 Å². The van der Waals surface area contributed by atoms with Crippen molar-refractivity contribution in [2.24, 2.45) is 5.92 Å². The van der Waals surface area contributed by atoms with E-state index in [0.29, 0.717) is 27.8 Å². The SMILES string of the molecule is CCCNC(=O)c1cc(NC(=O)C2C(c3cc(Cl)cc(Cl)c3)C2(Cl)Cl)cc(Cl)c1Cl. The first-order valence-corrected chi connectivity index (χ1v) is 11.2. The fraction of sp³-hybridized carbons (Fsp3) is 0.300. The van der Waals surface area contributed by atoms with Gasteiger partial charge in [0.1, 0.15) is 4.33 Å². The molecule has 0 saturated heterocycles. The molecule has 2 atom stereocenters. The smallest absolute Gasteiger partial charge is 0.252 e. The lowest BCUT2D eigenvalue weighted by Gasteiger charge is -2.11. The maximum Gasteiger partial charge on any atom is 0.252 e. The number of carbonyl (C=O) groups excluding carboxylic acids is 2. The first-order valence-electron chi connectivity index (χ1n) is 8.98. The van der Waals surface area contributed by atoms with Crippen molar-refractivity contribution < 1.29 is 9.59 Å². The van der Waals surface area contributed by atoms with Crippen LogP contribution in [-0.2, 0) is 4.79 Å². The maximum atomic E-state index is 12.9. The molecule has 30 heavy (non-hydrogen) atoms. The second-order valence-corrected chi connectivity index (χ2v) is 10.00. The van der Waals surface area contributed by atoms with Crippen molar-refractivity contribution >= 4 is 87.1 Å². The third-order valence-electron chi connectivity index (χ3n) is 4.66. The number of nitrogens with one attached hydrogen (secondary N) is 2. The van der Waals surface area contributed by atoms with Gasteiger partial charge in [-0.3, -0.25) is 9.59 Å². The summed E-state index contributed by atoms with van der Waals surface area (Å²) in [5.74, 6) is -2.06. The summed E-state index contributed by atoms with van der Waals surface area (Å²) in [7, 11) is 0. The first-order chi connectivity index (χ1) is 14.1. The number of benzene rings is 2. The Labute approximate surface area is 204 Å². The van der Waals surface area contributed by atoms with Gasteiger partial charge in [-0.15, -0.1) is 23.2 Å². The monoisotopic (exact) mass is 526 g/mol. The summed E-state index contributed by atoms with van der Waals surface area (Å²) >= 11 is 37.2. The van der Waals surface area contributed by atoms with E-state index >= 15 is 0 Å². The van der Waals surface area contributed by atoms with Crippen molar-refractivity contribution in [3.8, 4) is 0 Å². The fourth-order valence-corrected chi connectivity index (χ4v) is 4.99. The summed E-state index contributed by atoms with van der Waals surface area (Å²) in [4.78, 5) is 25.2. The van der Waals surface area contributed by atoms with Crippen LogP contribution < -0.4 is 10.6 Å². The van der Waals surface area contributed by atoms with Crippen molar-refractivity contribution in [3.63, 3.8) is 0 Å². The Morgan fingerprint density at radius 1 is 1.00 bits per heavy atom. The van der Waals surface area contributed by atoms with Crippen molar-refractivity contribution in [2.75, 3.05) is 11.9 Å². The van der Waals surface area contributed by atoms with Gasteiger partial charge >= 0.3 is 0 Å². The highest BCUT2D eigenvalue weighted by Gasteiger charge is 2.67. The number of hydrogen-bond acceptors (Lipinski definition) is 2. The van der Waals surface area contributed by atoms with E-state index in [0.717, 1.165) is 6.42 Å². The van der Waals surface area contributed by atoms with Crippen molar-refractivity contribution in [3.05, 3.63) is 61.5 Å². The van der Waals surface area contributed by atoms with E-state index in [1.165, 1.54) is 12.1 Å². The molecule has 4 nitrogen and oxygen atoms in total. The van der Waals surface area contributed by atoms with Crippen molar-refractivity contribution in [2.45, 2.75) is 23.6 Å². The quantitative estimate of drug-likeness (QED) is 0.398. The Hall–Kier alpha value is -0.880. The van der Waals surface area contributed by atoms with Crippen LogP contribution in [0.3, 0.4) is 0 Å². The fourth-order valence-electron chi connectivity index (χ4n) is 3.20. The minimum atomic E-state index is -1.32. The Balaban J connectivity index is 1.82. The van der Waals surface area contributed by atoms with Crippen LogP contribution in [0.1, 0.15) is 35.2 Å². The molecule has 0 bridgehead atoms. The average Bonchev–Trinajstić information content (AvgIpc) is 3.24. The summed E-state index contributed by atoms with van der Waals surface area (Å²) in [6.45, 7) is 2.41. The standard InChI is InChI=1S/C20H16Cl6N2O2/c1-2-3-27-18(29)13-7-12(8-14(23)17(13)24)28-19(30)16-15(20(16,25)26)9-4-10(21)6-11(22)5-9/h4-8,15-16H,2-3H2,1H3,(H,27,29)(H,28,30). The predicted molar refractivity (Wildman–Crippen MR) is 125 cm³/mol. The molecule has 1 saturated carbocycles. The van der Waals surface area contributed by atoms with Gasteiger partial charge in [-0.1, -0.05) is 53.3 Å². The minimum absolute atomic E-state index is 0.102. The molecule has 1 aliphatic carbocycles. The molecule has 3 rings (SSSR count). The molecular formula is C20H16Cl6N2O2. The highest BCUT2D eigenvalue weighted by Crippen LogP contribution is 2.65. The predicted octanol–water partition coefficient (Wildman–Crippen LogP) is 6.97. The summed E-state index contributed by atoms with van der Waals surface area (Å²) < 4.78 is -1.32. The second kappa shape index (κ2) is 9.32. The van der Waals surface area contributed by atoms with E-state index in [1.807, 2.05) is 6.92 Å². The Bertz CT molecular complexity index is 991. The second-order valence-electron chi connectivity index (χ2n) is 6.90. The van der Waals surface area contributed by atoms with Gasteiger partial charge in [0.2, 0.25) is 5.91 Å². The van der Waals surface area contributed by atoms with Gasteiger partial charge in [0.05, 0.1) is 21.5 Å². The number of hydrogen-bond donors (Lipinski definition) is 2. The highest BCUT2D eigenvalue weighted by atomic mass is 35.5. The normalized spacial score (nSPS) is 19.3. The molecule has 1 fully saturated rings. The topological polar surface area (TPSA) is 58.2 Å². The molecule has 0 heterocycles. The van der Waals surface area contributed by atoms with Gasteiger partial charge < -0.3 is 10.6 Å². The van der Waals surface area contributed by atoms with Gasteiger partial charge in [-0.05, 0) is 42.3 Å². The molecule has 1 aliphatic rings. The molecule has 2 aromatic rings. The Morgan fingerprint density at radius 2 is 1.63 bits per heavy atom. The van der Waals surface area contributed by atoms with Crippen LogP contribution in [0.5, 0.6) is 0 Å². The third kappa shape index (κ3) is 4.95. The number of rotatable bonds is 6. The lowest BCUT2D eigenvalue weighted by molar-refractivity contribution is -0.117. The van der Waals surface area contributed by atoms with Crippen LogP contribution >= 0.6 is 69.6 Å². The molecule has 0 radical (unpaired) electrons. The molecule has 2 N–H and O–H groups in total. The van der Waals surface area contributed by atoms with Crippen molar-refractivity contribution in [1.82, 2.24) is 5.32 Å². The molecule has 0 aromatic heterocycles. The van der Waals surface area contributed by atoms with E-state index in [9.17, 15) is 9.59 Å². The van der Waals surface area contributed by atoms with E-state index in [1.54, 1.807) is 18.2 Å². The molecule has 0 spiro atoms. The molecule has 0 aliphatic heterocycles. The van der Waals surface area contributed by atoms with Crippen LogP contribution in [0.15, 0.2) is 30.3 Å². The van der Waals surface area contributed by atoms with Gasteiger partial charge in [-0.25, -0.2) is 0 Å². The summed E-state index contributed by atoms with van der Waals surface area (Å²) in [5.41, 5.74) is 1.12. The molecular weight excluding hydrogens is 513 g/mol.